The van der Waals surface area contributed by atoms with Crippen molar-refractivity contribution in [2.24, 2.45) is 0 Å². The zero-order valence-corrected chi connectivity index (χ0v) is 11.9. The highest BCUT2D eigenvalue weighted by atomic mass is 79.9. The number of pyridine rings is 1. The molecule has 0 spiro atoms. The average Bonchev–Trinajstić information content (AvgIpc) is 2.83. The number of nitrogens with zero attached hydrogens (tertiary/aromatic N) is 1. The number of nitrogens with one attached hydrogen (secondary N) is 1. The zero-order chi connectivity index (χ0) is 13.1. The normalized spacial score (nSPS) is 16.5. The fraction of sp³-hybridized carbons (Fsp3) is 0.615. The second-order valence-corrected chi connectivity index (χ2v) is 5.48. The van der Waals surface area contributed by atoms with Crippen LogP contribution >= 0.6 is 15.9 Å². The molecule has 0 saturated heterocycles. The number of anilines is 1. The molecule has 1 aliphatic carbocycles. The predicted molar refractivity (Wildman–Crippen MR) is 72.2 cm³/mol. The van der Waals surface area contributed by atoms with Gasteiger partial charge >= 0.3 is 0 Å². The summed E-state index contributed by atoms with van der Waals surface area (Å²) < 4.78 is 26.6. The van der Waals surface area contributed by atoms with Crippen LogP contribution in [0.2, 0.25) is 0 Å². The van der Waals surface area contributed by atoms with E-state index in [0.717, 1.165) is 12.8 Å². The first-order valence-corrected chi connectivity index (χ1v) is 7.14. The third-order valence-electron chi connectivity index (χ3n) is 3.44. The van der Waals surface area contributed by atoms with Gasteiger partial charge in [-0.1, -0.05) is 19.8 Å². The van der Waals surface area contributed by atoms with Crippen LogP contribution in [0.25, 0.3) is 0 Å². The van der Waals surface area contributed by atoms with Gasteiger partial charge in [-0.3, -0.25) is 0 Å². The third kappa shape index (κ3) is 2.82. The van der Waals surface area contributed by atoms with Crippen LogP contribution in [0.1, 0.15) is 50.2 Å². The highest BCUT2D eigenvalue weighted by molar-refractivity contribution is 9.10. The molecule has 1 aromatic rings. The van der Waals surface area contributed by atoms with Crippen molar-refractivity contribution >= 4 is 21.7 Å². The molecule has 0 bridgehead atoms. The first kappa shape index (κ1) is 13.7. The van der Waals surface area contributed by atoms with E-state index in [1.54, 1.807) is 0 Å². The lowest BCUT2D eigenvalue weighted by Crippen LogP contribution is -2.17. The molecular formula is C13H17BrF2N2. The van der Waals surface area contributed by atoms with Gasteiger partial charge in [-0.05, 0) is 35.2 Å². The zero-order valence-electron chi connectivity index (χ0n) is 10.3. The predicted octanol–water partition coefficient (Wildman–Crippen LogP) is 4.70. The summed E-state index contributed by atoms with van der Waals surface area (Å²) in [4.78, 5) is 4.26. The third-order valence-corrected chi connectivity index (χ3v) is 4.07. The largest absolute Gasteiger partial charge is 0.367 e. The average molecular weight is 319 g/mol. The molecule has 18 heavy (non-hydrogen) atoms. The fourth-order valence-corrected chi connectivity index (χ4v) is 3.04. The fourth-order valence-electron chi connectivity index (χ4n) is 2.52. The van der Waals surface area contributed by atoms with Gasteiger partial charge in [-0.25, -0.2) is 13.8 Å². The molecule has 0 radical (unpaired) electrons. The SMILES string of the molecule is CCc1c(NC2CCCC2)ncc(Br)c1C(F)F. The topological polar surface area (TPSA) is 24.9 Å². The standard InChI is InChI=1S/C13H17BrF2N2/c1-2-9-11(12(15)16)10(14)7-17-13(9)18-8-5-3-4-6-8/h7-8,12H,2-6H2,1H3,(H,17,18). The lowest BCUT2D eigenvalue weighted by atomic mass is 10.1. The molecule has 0 aliphatic heterocycles. The quantitative estimate of drug-likeness (QED) is 0.870. The molecule has 100 valence electrons. The Morgan fingerprint density at radius 1 is 1.44 bits per heavy atom. The highest BCUT2D eigenvalue weighted by Crippen LogP contribution is 2.34. The van der Waals surface area contributed by atoms with Crippen LogP contribution in [0.4, 0.5) is 14.6 Å². The lowest BCUT2D eigenvalue weighted by Gasteiger charge is -2.18. The first-order chi connectivity index (χ1) is 8.63. The second kappa shape index (κ2) is 5.95. The molecular weight excluding hydrogens is 302 g/mol. The van der Waals surface area contributed by atoms with E-state index in [1.807, 2.05) is 6.92 Å². The number of alkyl halides is 2. The summed E-state index contributed by atoms with van der Waals surface area (Å²) in [5, 5.41) is 3.32. The Labute approximate surface area is 114 Å². The molecule has 2 rings (SSSR count). The van der Waals surface area contributed by atoms with E-state index in [-0.39, 0.29) is 5.56 Å². The monoisotopic (exact) mass is 318 g/mol. The van der Waals surface area contributed by atoms with Crippen LogP contribution in [-0.4, -0.2) is 11.0 Å². The smallest absolute Gasteiger partial charge is 0.265 e. The van der Waals surface area contributed by atoms with Crippen molar-refractivity contribution in [3.8, 4) is 0 Å². The van der Waals surface area contributed by atoms with E-state index in [4.69, 9.17) is 0 Å². The lowest BCUT2D eigenvalue weighted by molar-refractivity contribution is 0.149. The van der Waals surface area contributed by atoms with Crippen molar-refractivity contribution < 1.29 is 8.78 Å². The van der Waals surface area contributed by atoms with Crippen LogP contribution < -0.4 is 5.32 Å². The minimum atomic E-state index is -2.47. The van der Waals surface area contributed by atoms with Crippen LogP contribution in [-0.2, 0) is 6.42 Å². The van der Waals surface area contributed by atoms with Gasteiger partial charge in [-0.2, -0.15) is 0 Å². The van der Waals surface area contributed by atoms with Gasteiger partial charge in [0, 0.05) is 27.8 Å². The van der Waals surface area contributed by atoms with Gasteiger partial charge in [0.05, 0.1) is 0 Å². The van der Waals surface area contributed by atoms with E-state index in [2.05, 4.69) is 26.2 Å². The summed E-state index contributed by atoms with van der Waals surface area (Å²) in [6, 6.07) is 0.384. The van der Waals surface area contributed by atoms with Crippen LogP contribution in [0.15, 0.2) is 10.7 Å². The Morgan fingerprint density at radius 2 is 2.11 bits per heavy atom. The molecule has 1 aliphatic rings. The van der Waals surface area contributed by atoms with Crippen molar-refractivity contribution in [2.75, 3.05) is 5.32 Å². The number of rotatable bonds is 4. The molecule has 0 aromatic carbocycles. The molecule has 0 amide bonds. The Morgan fingerprint density at radius 3 is 2.67 bits per heavy atom. The second-order valence-electron chi connectivity index (χ2n) is 4.63. The first-order valence-electron chi connectivity index (χ1n) is 6.35. The summed E-state index contributed by atoms with van der Waals surface area (Å²) in [6.07, 6.45) is 4.17. The van der Waals surface area contributed by atoms with Gasteiger partial charge < -0.3 is 5.32 Å². The molecule has 1 fully saturated rings. The summed E-state index contributed by atoms with van der Waals surface area (Å²) >= 11 is 3.17. The van der Waals surface area contributed by atoms with Gasteiger partial charge in [0.2, 0.25) is 0 Å². The molecule has 0 atom stereocenters. The van der Waals surface area contributed by atoms with E-state index >= 15 is 0 Å². The van der Waals surface area contributed by atoms with E-state index < -0.39 is 6.43 Å². The van der Waals surface area contributed by atoms with Crippen LogP contribution in [0, 0.1) is 0 Å². The summed E-state index contributed by atoms with van der Waals surface area (Å²) in [5.41, 5.74) is 0.708. The molecule has 1 aromatic heterocycles. The van der Waals surface area contributed by atoms with Gasteiger partial charge in [0.1, 0.15) is 5.82 Å². The summed E-state index contributed by atoms with van der Waals surface area (Å²) in [6.45, 7) is 1.88. The minimum absolute atomic E-state index is 0.0768. The maximum atomic E-state index is 13.1. The molecule has 1 N–H and O–H groups in total. The Bertz CT molecular complexity index is 418. The van der Waals surface area contributed by atoms with Crippen LogP contribution in [0.3, 0.4) is 0 Å². The van der Waals surface area contributed by atoms with Gasteiger partial charge in [0.15, 0.2) is 0 Å². The van der Waals surface area contributed by atoms with Crippen molar-refractivity contribution in [1.82, 2.24) is 4.98 Å². The van der Waals surface area contributed by atoms with Gasteiger partial charge in [0.25, 0.3) is 6.43 Å². The Kier molecular flexibility index (Phi) is 4.54. The molecule has 5 heteroatoms. The van der Waals surface area contributed by atoms with E-state index in [0.29, 0.717) is 28.3 Å². The Balaban J connectivity index is 2.31. The van der Waals surface area contributed by atoms with Crippen molar-refractivity contribution in [2.45, 2.75) is 51.5 Å². The van der Waals surface area contributed by atoms with Crippen molar-refractivity contribution in [3.05, 3.63) is 21.8 Å². The number of hydrogen-bond acceptors (Lipinski definition) is 2. The molecule has 2 nitrogen and oxygen atoms in total. The molecule has 0 unspecified atom stereocenters. The maximum Gasteiger partial charge on any atom is 0.265 e. The summed E-state index contributed by atoms with van der Waals surface area (Å²) in [5.74, 6) is 0.628. The maximum absolute atomic E-state index is 13.1. The molecule has 1 heterocycles. The Hall–Kier alpha value is -0.710. The number of halogens is 3. The number of hydrogen-bond donors (Lipinski definition) is 1. The molecule has 1 saturated carbocycles. The van der Waals surface area contributed by atoms with Crippen molar-refractivity contribution in [1.29, 1.82) is 0 Å². The van der Waals surface area contributed by atoms with E-state index in [1.165, 1.54) is 19.0 Å². The van der Waals surface area contributed by atoms with Crippen LogP contribution in [0.5, 0.6) is 0 Å². The van der Waals surface area contributed by atoms with E-state index in [9.17, 15) is 8.78 Å². The minimum Gasteiger partial charge on any atom is -0.367 e. The highest BCUT2D eigenvalue weighted by Gasteiger charge is 2.22. The summed E-state index contributed by atoms with van der Waals surface area (Å²) in [7, 11) is 0. The van der Waals surface area contributed by atoms with Gasteiger partial charge in [-0.15, -0.1) is 0 Å². The number of aromatic nitrogens is 1. The van der Waals surface area contributed by atoms with Crippen molar-refractivity contribution in [3.63, 3.8) is 0 Å².